The minimum atomic E-state index is -1.23. The number of ether oxygens (including phenoxy) is 1. The molecule has 0 spiro atoms. The number of carboxylic acid groups (broad SMARTS) is 1. The number of alkyl carbamates (subject to hydrolysis) is 1. The van der Waals surface area contributed by atoms with E-state index in [1.54, 1.807) is 6.08 Å². The van der Waals surface area contributed by atoms with E-state index in [0.717, 1.165) is 22.3 Å². The molecule has 3 rings (SSSR count). The fourth-order valence-corrected chi connectivity index (χ4v) is 4.00. The highest BCUT2D eigenvalue weighted by Gasteiger charge is 2.30. The first-order chi connectivity index (χ1) is 15.4. The van der Waals surface area contributed by atoms with Crippen LogP contribution in [0.25, 0.3) is 11.1 Å². The maximum absolute atomic E-state index is 12.6. The van der Waals surface area contributed by atoms with Gasteiger partial charge in [-0.2, -0.15) is 0 Å². The molecule has 168 valence electrons. The molecule has 0 saturated carbocycles. The van der Waals surface area contributed by atoms with Gasteiger partial charge < -0.3 is 20.5 Å². The largest absolute Gasteiger partial charge is 0.481 e. The summed E-state index contributed by atoms with van der Waals surface area (Å²) in [4.78, 5) is 36.3. The number of benzene rings is 2. The number of fused-ring (bicyclic) bond motifs is 3. The van der Waals surface area contributed by atoms with E-state index in [9.17, 15) is 19.5 Å². The number of carbonyl (C=O) groups excluding carboxylic acids is 2. The summed E-state index contributed by atoms with van der Waals surface area (Å²) in [5.41, 5.74) is 4.34. The first kappa shape index (κ1) is 23.1. The molecule has 3 N–H and O–H groups in total. The summed E-state index contributed by atoms with van der Waals surface area (Å²) in [5, 5.41) is 14.3. The number of hydrogen-bond acceptors (Lipinski definition) is 4. The molecule has 0 radical (unpaired) electrons. The average molecular weight is 437 g/mol. The molecule has 2 aromatic rings. The molecular weight excluding hydrogens is 408 g/mol. The van der Waals surface area contributed by atoms with E-state index in [1.807, 2.05) is 55.5 Å². The Morgan fingerprint density at radius 2 is 1.66 bits per heavy atom. The van der Waals surface area contributed by atoms with Crippen molar-refractivity contribution in [2.24, 2.45) is 0 Å². The molecule has 1 aliphatic rings. The Balaban J connectivity index is 1.66. The minimum Gasteiger partial charge on any atom is -0.481 e. The molecule has 2 unspecified atom stereocenters. The van der Waals surface area contributed by atoms with Crippen LogP contribution in [-0.4, -0.2) is 41.8 Å². The van der Waals surface area contributed by atoms with E-state index in [4.69, 9.17) is 4.74 Å². The molecule has 2 aromatic carbocycles. The van der Waals surface area contributed by atoms with Crippen LogP contribution >= 0.6 is 0 Å². The van der Waals surface area contributed by atoms with E-state index in [1.165, 1.54) is 0 Å². The molecule has 2 amide bonds. The van der Waals surface area contributed by atoms with E-state index >= 15 is 0 Å². The first-order valence-corrected chi connectivity index (χ1v) is 10.7. The third kappa shape index (κ3) is 5.35. The predicted octanol–water partition coefficient (Wildman–Crippen LogP) is 3.84. The van der Waals surface area contributed by atoms with Crippen molar-refractivity contribution < 1.29 is 24.2 Å². The lowest BCUT2D eigenvalue weighted by atomic mass is 9.98. The van der Waals surface area contributed by atoms with E-state index in [-0.39, 0.29) is 18.6 Å². The minimum absolute atomic E-state index is 0.0787. The van der Waals surface area contributed by atoms with Gasteiger partial charge in [-0.3, -0.25) is 9.59 Å². The Bertz CT molecular complexity index is 958. The van der Waals surface area contributed by atoms with Gasteiger partial charge >= 0.3 is 12.1 Å². The van der Waals surface area contributed by atoms with Crippen molar-refractivity contribution in [2.45, 2.75) is 44.2 Å². The molecule has 0 saturated heterocycles. The Morgan fingerprint density at radius 1 is 1.06 bits per heavy atom. The lowest BCUT2D eigenvalue weighted by Crippen LogP contribution is -2.50. The highest BCUT2D eigenvalue weighted by Crippen LogP contribution is 2.44. The van der Waals surface area contributed by atoms with E-state index in [0.29, 0.717) is 12.8 Å². The quantitative estimate of drug-likeness (QED) is 0.491. The summed E-state index contributed by atoms with van der Waals surface area (Å²) >= 11 is 0. The number of amides is 2. The normalized spacial score (nSPS) is 13.9. The highest BCUT2D eigenvalue weighted by atomic mass is 16.5. The highest BCUT2D eigenvalue weighted by molar-refractivity contribution is 5.89. The Morgan fingerprint density at radius 3 is 2.19 bits per heavy atom. The van der Waals surface area contributed by atoms with Gasteiger partial charge in [-0.25, -0.2) is 4.79 Å². The second-order valence-corrected chi connectivity index (χ2v) is 7.76. The van der Waals surface area contributed by atoms with Gasteiger partial charge in [0.2, 0.25) is 5.91 Å². The number of carboxylic acids is 1. The molecule has 2 atom stereocenters. The summed E-state index contributed by atoms with van der Waals surface area (Å²) in [6.07, 6.45) is 1.51. The first-order valence-electron chi connectivity index (χ1n) is 10.7. The van der Waals surface area contributed by atoms with Gasteiger partial charge in [0.1, 0.15) is 12.6 Å². The second-order valence-electron chi connectivity index (χ2n) is 7.76. The number of rotatable bonds is 10. The van der Waals surface area contributed by atoms with Crippen LogP contribution in [0.3, 0.4) is 0 Å². The third-order valence-corrected chi connectivity index (χ3v) is 5.62. The molecule has 0 aliphatic heterocycles. The van der Waals surface area contributed by atoms with Gasteiger partial charge in [-0.1, -0.05) is 61.5 Å². The average Bonchev–Trinajstić information content (AvgIpc) is 3.10. The topological polar surface area (TPSA) is 105 Å². The summed E-state index contributed by atoms with van der Waals surface area (Å²) in [6.45, 7) is 5.64. The summed E-state index contributed by atoms with van der Waals surface area (Å²) < 4.78 is 5.44. The van der Waals surface area contributed by atoms with Gasteiger partial charge in [0.25, 0.3) is 0 Å². The molecule has 7 nitrogen and oxygen atoms in total. The zero-order chi connectivity index (χ0) is 23.1. The van der Waals surface area contributed by atoms with Gasteiger partial charge in [-0.15, -0.1) is 6.58 Å². The molecule has 0 bridgehead atoms. The van der Waals surface area contributed by atoms with Crippen molar-refractivity contribution in [3.8, 4) is 11.1 Å². The van der Waals surface area contributed by atoms with Gasteiger partial charge in [0, 0.05) is 12.0 Å². The SMILES string of the molecule is C=CCC(CC)NC(=O)C(CC(=O)O)NC(=O)OCC1c2ccccc2-c2ccccc21. The zero-order valence-corrected chi connectivity index (χ0v) is 18.0. The van der Waals surface area contributed by atoms with Crippen molar-refractivity contribution in [2.75, 3.05) is 6.61 Å². The van der Waals surface area contributed by atoms with E-state index < -0.39 is 30.4 Å². The van der Waals surface area contributed by atoms with Crippen molar-refractivity contribution in [1.29, 1.82) is 0 Å². The van der Waals surface area contributed by atoms with Crippen LogP contribution in [0.15, 0.2) is 61.2 Å². The number of carbonyl (C=O) groups is 3. The Labute approximate surface area is 187 Å². The maximum atomic E-state index is 12.6. The lowest BCUT2D eigenvalue weighted by molar-refractivity contribution is -0.140. The van der Waals surface area contributed by atoms with Crippen LogP contribution in [0.4, 0.5) is 4.79 Å². The van der Waals surface area contributed by atoms with Crippen molar-refractivity contribution in [3.63, 3.8) is 0 Å². The smallest absolute Gasteiger partial charge is 0.407 e. The fraction of sp³-hybridized carbons (Fsp3) is 0.320. The standard InChI is InChI=1S/C25H28N2O5/c1-3-9-16(4-2)26-24(30)22(14-23(28)29)27-25(31)32-15-21-19-12-7-5-10-17(19)18-11-6-8-13-20(18)21/h3,5-8,10-13,16,21-22H,1,4,9,14-15H2,2H3,(H,26,30)(H,27,31)(H,28,29). The van der Waals surface area contributed by atoms with Crippen LogP contribution in [0.1, 0.15) is 43.2 Å². The van der Waals surface area contributed by atoms with Crippen LogP contribution in [0, 0.1) is 0 Å². The third-order valence-electron chi connectivity index (χ3n) is 5.62. The van der Waals surface area contributed by atoms with Crippen LogP contribution in [0.5, 0.6) is 0 Å². The van der Waals surface area contributed by atoms with Crippen molar-refractivity contribution in [1.82, 2.24) is 10.6 Å². The van der Waals surface area contributed by atoms with E-state index in [2.05, 4.69) is 17.2 Å². The number of nitrogens with one attached hydrogen (secondary N) is 2. The number of hydrogen-bond donors (Lipinski definition) is 3. The Hall–Kier alpha value is -3.61. The molecule has 1 aliphatic carbocycles. The zero-order valence-electron chi connectivity index (χ0n) is 18.0. The summed E-state index contributed by atoms with van der Waals surface area (Å²) in [5.74, 6) is -1.88. The van der Waals surface area contributed by atoms with Gasteiger partial charge in [-0.05, 0) is 35.1 Å². The van der Waals surface area contributed by atoms with Gasteiger partial charge in [0.15, 0.2) is 0 Å². The van der Waals surface area contributed by atoms with Crippen LogP contribution in [0.2, 0.25) is 0 Å². The Kier molecular flexibility index (Phi) is 7.65. The van der Waals surface area contributed by atoms with Crippen LogP contribution < -0.4 is 10.6 Å². The summed E-state index contributed by atoms with van der Waals surface area (Å²) in [6, 6.07) is 14.5. The van der Waals surface area contributed by atoms with Crippen molar-refractivity contribution >= 4 is 18.0 Å². The fourth-order valence-electron chi connectivity index (χ4n) is 4.00. The van der Waals surface area contributed by atoms with Crippen LogP contribution in [-0.2, 0) is 14.3 Å². The predicted molar refractivity (Wildman–Crippen MR) is 121 cm³/mol. The monoisotopic (exact) mass is 436 g/mol. The molecule has 0 fully saturated rings. The molecule has 0 heterocycles. The lowest BCUT2D eigenvalue weighted by Gasteiger charge is -2.21. The molecule has 0 aromatic heterocycles. The summed E-state index contributed by atoms with van der Waals surface area (Å²) in [7, 11) is 0. The second kappa shape index (κ2) is 10.6. The van der Waals surface area contributed by atoms with Gasteiger partial charge in [0.05, 0.1) is 6.42 Å². The molecular formula is C25H28N2O5. The molecule has 32 heavy (non-hydrogen) atoms. The van der Waals surface area contributed by atoms with Crippen molar-refractivity contribution in [3.05, 3.63) is 72.3 Å². The molecule has 7 heteroatoms. The maximum Gasteiger partial charge on any atom is 0.407 e. The number of aliphatic carboxylic acids is 1.